The minimum Gasteiger partial charge on any atom is -0.419 e. The van der Waals surface area contributed by atoms with Crippen molar-refractivity contribution >= 4 is 23.3 Å². The number of hydrogen-bond acceptors (Lipinski definition) is 5. The molecule has 0 radical (unpaired) electrons. The summed E-state index contributed by atoms with van der Waals surface area (Å²) in [5.74, 6) is 0.279. The summed E-state index contributed by atoms with van der Waals surface area (Å²) in [5.41, 5.74) is 2.27. The van der Waals surface area contributed by atoms with Gasteiger partial charge in [0.05, 0.1) is 5.52 Å². The molecular weight excluding hydrogens is 306 g/mol. The predicted octanol–water partition coefficient (Wildman–Crippen LogP) is 3.20. The largest absolute Gasteiger partial charge is 0.420 e. The summed E-state index contributed by atoms with van der Waals surface area (Å²) in [6.07, 6.45) is 3.62. The van der Waals surface area contributed by atoms with Crippen LogP contribution in [0, 0.1) is 0 Å². The first-order valence-electron chi connectivity index (χ1n) is 7.43. The predicted molar refractivity (Wildman–Crippen MR) is 89.2 cm³/mol. The standard InChI is InChI=1S/C18H13N3O3/c22-18-21(14-8-4-5-9-15(14)23-18)12-17-20-19-16(24-17)11-10-13-6-2-1-3-7-13/h1-11H,12H2/b11-10+. The van der Waals surface area contributed by atoms with Gasteiger partial charge in [-0.15, -0.1) is 10.2 Å². The molecule has 24 heavy (non-hydrogen) atoms. The van der Waals surface area contributed by atoms with Crippen molar-refractivity contribution < 1.29 is 8.83 Å². The average Bonchev–Trinajstić information content (AvgIpc) is 3.19. The summed E-state index contributed by atoms with van der Waals surface area (Å²) < 4.78 is 12.2. The molecule has 2 heterocycles. The summed E-state index contributed by atoms with van der Waals surface area (Å²) in [4.78, 5) is 12.0. The van der Waals surface area contributed by atoms with Crippen LogP contribution in [0.1, 0.15) is 17.3 Å². The van der Waals surface area contributed by atoms with Gasteiger partial charge in [-0.1, -0.05) is 42.5 Å². The van der Waals surface area contributed by atoms with E-state index >= 15 is 0 Å². The zero-order chi connectivity index (χ0) is 16.4. The second-order valence-corrected chi connectivity index (χ2v) is 5.20. The molecular formula is C18H13N3O3. The maximum atomic E-state index is 12.0. The fourth-order valence-electron chi connectivity index (χ4n) is 2.43. The molecule has 118 valence electrons. The number of para-hydroxylation sites is 2. The van der Waals surface area contributed by atoms with E-state index in [1.807, 2.05) is 54.6 Å². The SMILES string of the molecule is O=c1oc2ccccc2n1Cc1nnc(/C=C/c2ccccc2)o1. The van der Waals surface area contributed by atoms with Crippen molar-refractivity contribution in [3.8, 4) is 0 Å². The average molecular weight is 319 g/mol. The third-order valence-electron chi connectivity index (χ3n) is 3.57. The van der Waals surface area contributed by atoms with Crippen LogP contribution in [-0.4, -0.2) is 14.8 Å². The lowest BCUT2D eigenvalue weighted by atomic mass is 10.2. The number of rotatable bonds is 4. The normalized spacial score (nSPS) is 11.5. The molecule has 6 heteroatoms. The van der Waals surface area contributed by atoms with Gasteiger partial charge in [-0.3, -0.25) is 4.57 Å². The molecule has 4 aromatic rings. The Balaban J connectivity index is 1.58. The molecule has 0 aliphatic carbocycles. The highest BCUT2D eigenvalue weighted by Crippen LogP contribution is 2.14. The van der Waals surface area contributed by atoms with Crippen LogP contribution in [0.4, 0.5) is 0 Å². The Morgan fingerprint density at radius 2 is 1.71 bits per heavy atom. The Labute approximate surface area is 136 Å². The second-order valence-electron chi connectivity index (χ2n) is 5.20. The zero-order valence-electron chi connectivity index (χ0n) is 12.6. The van der Waals surface area contributed by atoms with E-state index in [1.54, 1.807) is 12.1 Å². The lowest BCUT2D eigenvalue weighted by Crippen LogP contribution is -2.15. The van der Waals surface area contributed by atoms with Crippen LogP contribution in [0.15, 0.2) is 68.2 Å². The number of hydrogen-bond donors (Lipinski definition) is 0. The van der Waals surface area contributed by atoms with E-state index in [0.717, 1.165) is 5.56 Å². The summed E-state index contributed by atoms with van der Waals surface area (Å²) in [7, 11) is 0. The highest BCUT2D eigenvalue weighted by atomic mass is 16.4. The van der Waals surface area contributed by atoms with E-state index < -0.39 is 5.76 Å². The number of nitrogens with zero attached hydrogens (tertiary/aromatic N) is 3. The maximum absolute atomic E-state index is 12.0. The van der Waals surface area contributed by atoms with Crippen molar-refractivity contribution in [2.75, 3.05) is 0 Å². The van der Waals surface area contributed by atoms with Crippen LogP contribution in [0.5, 0.6) is 0 Å². The van der Waals surface area contributed by atoms with Crippen molar-refractivity contribution in [1.82, 2.24) is 14.8 Å². The number of fused-ring (bicyclic) bond motifs is 1. The molecule has 0 N–H and O–H groups in total. The first kappa shape index (κ1) is 14.2. The summed E-state index contributed by atoms with van der Waals surface area (Å²) in [5, 5.41) is 7.95. The molecule has 0 aliphatic heterocycles. The van der Waals surface area contributed by atoms with Gasteiger partial charge in [-0.25, -0.2) is 4.79 Å². The van der Waals surface area contributed by atoms with Crippen LogP contribution < -0.4 is 5.76 Å². The molecule has 4 rings (SSSR count). The van der Waals surface area contributed by atoms with Gasteiger partial charge in [0.25, 0.3) is 0 Å². The van der Waals surface area contributed by atoms with Gasteiger partial charge in [0.2, 0.25) is 11.8 Å². The monoisotopic (exact) mass is 319 g/mol. The molecule has 2 aromatic heterocycles. The number of aromatic nitrogens is 3. The quantitative estimate of drug-likeness (QED) is 0.577. The minimum atomic E-state index is -0.448. The van der Waals surface area contributed by atoms with Gasteiger partial charge in [-0.2, -0.15) is 0 Å². The lowest BCUT2D eigenvalue weighted by Gasteiger charge is -1.96. The molecule has 0 unspecified atom stereocenters. The Morgan fingerprint density at radius 3 is 2.58 bits per heavy atom. The third-order valence-corrected chi connectivity index (χ3v) is 3.57. The topological polar surface area (TPSA) is 74.1 Å². The second kappa shape index (κ2) is 6.00. The number of oxazole rings is 1. The van der Waals surface area contributed by atoms with Gasteiger partial charge in [0, 0.05) is 6.08 Å². The molecule has 0 fully saturated rings. The highest BCUT2D eigenvalue weighted by Gasteiger charge is 2.12. The Morgan fingerprint density at radius 1 is 0.917 bits per heavy atom. The fraction of sp³-hybridized carbons (Fsp3) is 0.0556. The van der Waals surface area contributed by atoms with E-state index in [0.29, 0.717) is 22.9 Å². The highest BCUT2D eigenvalue weighted by molar-refractivity contribution is 5.72. The van der Waals surface area contributed by atoms with Gasteiger partial charge in [-0.05, 0) is 23.8 Å². The molecule has 0 saturated heterocycles. The van der Waals surface area contributed by atoms with Gasteiger partial charge in [0.15, 0.2) is 5.58 Å². The Hall–Kier alpha value is -3.41. The molecule has 2 aromatic carbocycles. The van der Waals surface area contributed by atoms with Crippen molar-refractivity contribution in [2.24, 2.45) is 0 Å². The lowest BCUT2D eigenvalue weighted by molar-refractivity contribution is 0.450. The van der Waals surface area contributed by atoms with Crippen LogP contribution in [0.2, 0.25) is 0 Å². The molecule has 0 bridgehead atoms. The smallest absolute Gasteiger partial charge is 0.419 e. The van der Waals surface area contributed by atoms with Gasteiger partial charge < -0.3 is 8.83 Å². The Bertz CT molecular complexity index is 1060. The van der Waals surface area contributed by atoms with E-state index in [4.69, 9.17) is 8.83 Å². The van der Waals surface area contributed by atoms with Crippen molar-refractivity contribution in [3.05, 3.63) is 82.5 Å². The van der Waals surface area contributed by atoms with E-state index in [2.05, 4.69) is 10.2 Å². The minimum absolute atomic E-state index is 0.169. The first-order valence-corrected chi connectivity index (χ1v) is 7.43. The van der Waals surface area contributed by atoms with Crippen molar-refractivity contribution in [1.29, 1.82) is 0 Å². The summed E-state index contributed by atoms with van der Waals surface area (Å²) >= 11 is 0. The van der Waals surface area contributed by atoms with Crippen molar-refractivity contribution in [3.63, 3.8) is 0 Å². The summed E-state index contributed by atoms with van der Waals surface area (Å²) in [6.45, 7) is 0.169. The fourth-order valence-corrected chi connectivity index (χ4v) is 2.43. The Kier molecular flexibility index (Phi) is 3.55. The first-order chi connectivity index (χ1) is 11.8. The van der Waals surface area contributed by atoms with Crippen LogP contribution in [0.25, 0.3) is 23.3 Å². The summed E-state index contributed by atoms with van der Waals surface area (Å²) in [6, 6.07) is 17.0. The van der Waals surface area contributed by atoms with Crippen LogP contribution in [-0.2, 0) is 6.54 Å². The molecule has 0 saturated carbocycles. The van der Waals surface area contributed by atoms with E-state index in [1.165, 1.54) is 4.57 Å². The van der Waals surface area contributed by atoms with E-state index in [-0.39, 0.29) is 6.54 Å². The maximum Gasteiger partial charge on any atom is 0.420 e. The molecule has 0 spiro atoms. The molecule has 6 nitrogen and oxygen atoms in total. The van der Waals surface area contributed by atoms with Gasteiger partial charge in [0.1, 0.15) is 6.54 Å². The third kappa shape index (κ3) is 2.77. The van der Waals surface area contributed by atoms with E-state index in [9.17, 15) is 4.79 Å². The van der Waals surface area contributed by atoms with Crippen LogP contribution >= 0.6 is 0 Å². The molecule has 0 aliphatic rings. The zero-order valence-corrected chi connectivity index (χ0v) is 12.6. The van der Waals surface area contributed by atoms with Crippen molar-refractivity contribution in [2.45, 2.75) is 6.54 Å². The molecule has 0 amide bonds. The van der Waals surface area contributed by atoms with Crippen LogP contribution in [0.3, 0.4) is 0 Å². The number of benzene rings is 2. The van der Waals surface area contributed by atoms with Gasteiger partial charge >= 0.3 is 5.76 Å². The molecule has 0 atom stereocenters.